The van der Waals surface area contributed by atoms with Gasteiger partial charge in [-0.15, -0.1) is 0 Å². The molecule has 2 atom stereocenters. The van der Waals surface area contributed by atoms with E-state index in [-0.39, 0.29) is 49.4 Å². The van der Waals surface area contributed by atoms with Gasteiger partial charge < -0.3 is 31.4 Å². The fourth-order valence-corrected chi connectivity index (χ4v) is 5.17. The van der Waals surface area contributed by atoms with Crippen molar-refractivity contribution in [2.45, 2.75) is 64.9 Å². The van der Waals surface area contributed by atoms with Crippen LogP contribution in [0.5, 0.6) is 0 Å². The number of nitrogens with two attached hydrogens (primary N) is 3. The van der Waals surface area contributed by atoms with Crippen LogP contribution in [0.3, 0.4) is 0 Å². The predicted molar refractivity (Wildman–Crippen MR) is 159 cm³/mol. The van der Waals surface area contributed by atoms with Gasteiger partial charge in [-0.05, 0) is 47.6 Å². The van der Waals surface area contributed by atoms with E-state index in [9.17, 15) is 19.2 Å². The Morgan fingerprint density at radius 2 is 1.32 bits per heavy atom. The molecule has 0 aliphatic heterocycles. The summed E-state index contributed by atoms with van der Waals surface area (Å²) in [5.74, 6) is 0. The van der Waals surface area contributed by atoms with Crippen LogP contribution in [0.25, 0.3) is 32.3 Å². The lowest BCUT2D eigenvalue weighted by Crippen LogP contribution is -2.49. The van der Waals surface area contributed by atoms with Gasteiger partial charge >= 0.3 is 0 Å². The molecule has 0 bridgehead atoms. The molecular formula is C29H36N4O7. The lowest BCUT2D eigenvalue weighted by Gasteiger charge is -2.40. The van der Waals surface area contributed by atoms with E-state index >= 15 is 0 Å². The third-order valence-corrected chi connectivity index (χ3v) is 8.08. The van der Waals surface area contributed by atoms with Crippen LogP contribution in [0.15, 0.2) is 37.4 Å². The molecule has 0 saturated heterocycles. The Kier molecular flexibility index (Phi) is 7.29. The molecule has 0 fully saturated rings. The molecule has 4 rings (SSSR count). The van der Waals surface area contributed by atoms with Crippen molar-refractivity contribution in [3.8, 4) is 0 Å². The number of methoxy groups -OCH3 is 1. The van der Waals surface area contributed by atoms with E-state index in [1.54, 1.807) is 33.9 Å². The lowest BCUT2D eigenvalue weighted by atomic mass is 9.96. The van der Waals surface area contributed by atoms with E-state index in [4.69, 9.17) is 31.4 Å². The summed E-state index contributed by atoms with van der Waals surface area (Å²) in [6, 6.07) is 3.70. The summed E-state index contributed by atoms with van der Waals surface area (Å²) in [5.41, 5.74) is 13.9. The Labute approximate surface area is 230 Å². The largest absolute Gasteiger partial charge is 0.398 e. The van der Waals surface area contributed by atoms with Crippen LogP contribution in [-0.2, 0) is 14.2 Å². The van der Waals surface area contributed by atoms with Gasteiger partial charge in [0.25, 0.3) is 11.1 Å². The van der Waals surface area contributed by atoms with Gasteiger partial charge in [0.1, 0.15) is 0 Å². The number of hydrogen-bond donors (Lipinski definition) is 3. The molecule has 0 aliphatic carbocycles. The molecule has 0 amide bonds. The molecule has 0 aliphatic rings. The highest BCUT2D eigenvalue weighted by Gasteiger charge is 2.39. The summed E-state index contributed by atoms with van der Waals surface area (Å²) >= 11 is 0. The summed E-state index contributed by atoms with van der Waals surface area (Å²) in [6.45, 7) is 11.6. The van der Waals surface area contributed by atoms with Crippen LogP contribution in [0.4, 0.5) is 17.1 Å². The van der Waals surface area contributed by atoms with Gasteiger partial charge in [-0.25, -0.2) is 0 Å². The highest BCUT2D eigenvalue weighted by atomic mass is 16.6. The molecule has 0 spiro atoms. The first-order chi connectivity index (χ1) is 18.6. The molecule has 0 radical (unpaired) electrons. The van der Waals surface area contributed by atoms with Crippen LogP contribution in [-0.4, -0.2) is 42.2 Å². The highest BCUT2D eigenvalue weighted by Crippen LogP contribution is 2.35. The maximum atomic E-state index is 13.8. The van der Waals surface area contributed by atoms with Gasteiger partial charge in [-0.3, -0.25) is 23.7 Å². The first-order valence-corrected chi connectivity index (χ1v) is 13.0. The standard InChI is InChI=1S/C29H36N4O7/c1-13(28(3,4)40-14(2)29(5,6)39-12-11-38-7)33-26(36)20-21(27(33)37)23(32)19-18(22(20)31)24(34)15-9-8-10-16(30)17(15)25(19)35/h8-10,13-14H,11-12,30-32H2,1-7H3. The number of fused-ring (bicyclic) bond motifs is 3. The number of hydrogen-bond acceptors (Lipinski definition) is 10. The zero-order valence-electron chi connectivity index (χ0n) is 23.8. The minimum absolute atomic E-state index is 0.00750. The average Bonchev–Trinajstić information content (AvgIpc) is 3.14. The van der Waals surface area contributed by atoms with Crippen molar-refractivity contribution in [3.05, 3.63) is 59.4 Å². The molecule has 0 saturated carbocycles. The fourth-order valence-electron chi connectivity index (χ4n) is 5.17. The van der Waals surface area contributed by atoms with Crippen molar-refractivity contribution in [2.24, 2.45) is 0 Å². The predicted octanol–water partition coefficient (Wildman–Crippen LogP) is 2.20. The van der Waals surface area contributed by atoms with Crippen molar-refractivity contribution in [1.29, 1.82) is 0 Å². The summed E-state index contributed by atoms with van der Waals surface area (Å²) in [5, 5.41) is -0.778. The Morgan fingerprint density at radius 1 is 0.775 bits per heavy atom. The summed E-state index contributed by atoms with van der Waals surface area (Å²) < 4.78 is 18.3. The molecular weight excluding hydrogens is 516 g/mol. The van der Waals surface area contributed by atoms with Crippen LogP contribution in [0.2, 0.25) is 0 Å². The average molecular weight is 553 g/mol. The smallest absolute Gasteiger partial charge is 0.264 e. The molecule has 2 unspecified atom stereocenters. The van der Waals surface area contributed by atoms with Gasteiger partial charge in [0.2, 0.25) is 0 Å². The number of rotatable bonds is 9. The van der Waals surface area contributed by atoms with E-state index in [1.807, 2.05) is 20.8 Å². The Hall–Kier alpha value is -3.80. The number of anilines is 3. The number of aromatic nitrogens is 1. The Morgan fingerprint density at radius 3 is 1.88 bits per heavy atom. The van der Waals surface area contributed by atoms with Gasteiger partial charge in [0, 0.05) is 18.2 Å². The topological polar surface area (TPSA) is 179 Å². The zero-order valence-corrected chi connectivity index (χ0v) is 23.8. The molecule has 40 heavy (non-hydrogen) atoms. The van der Waals surface area contributed by atoms with Crippen molar-refractivity contribution < 1.29 is 14.2 Å². The van der Waals surface area contributed by atoms with Gasteiger partial charge in [-0.2, -0.15) is 0 Å². The third kappa shape index (κ3) is 4.34. The van der Waals surface area contributed by atoms with Gasteiger partial charge in [-0.1, -0.05) is 12.1 Å². The van der Waals surface area contributed by atoms with Crippen LogP contribution < -0.4 is 39.2 Å². The molecule has 1 aromatic heterocycles. The highest BCUT2D eigenvalue weighted by molar-refractivity contribution is 6.21. The van der Waals surface area contributed by atoms with Crippen molar-refractivity contribution in [2.75, 3.05) is 37.5 Å². The fraction of sp³-hybridized carbons (Fsp3) is 0.448. The quantitative estimate of drug-likeness (QED) is 0.121. The molecule has 1 heterocycles. The van der Waals surface area contributed by atoms with Crippen LogP contribution >= 0.6 is 0 Å². The number of nitrogen functional groups attached to an aromatic ring is 3. The molecule has 11 nitrogen and oxygen atoms in total. The monoisotopic (exact) mass is 552 g/mol. The maximum absolute atomic E-state index is 13.8. The van der Waals surface area contributed by atoms with E-state index in [0.29, 0.717) is 13.2 Å². The number of ether oxygens (including phenoxy) is 3. The van der Waals surface area contributed by atoms with Gasteiger partial charge in [0.15, 0.2) is 10.9 Å². The SMILES string of the molecule is COCCOC(C)(C)C(C)OC(C)(C)C(C)n1c(=O)c2c(N)c3c(=O)c4cccc(N)c4c(=O)c3c(N)c2c1=O. The Bertz CT molecular complexity index is 1850. The zero-order chi connectivity index (χ0) is 29.9. The molecule has 11 heteroatoms. The van der Waals surface area contributed by atoms with Crippen molar-refractivity contribution >= 4 is 49.4 Å². The summed E-state index contributed by atoms with van der Waals surface area (Å²) in [6.07, 6.45) is -0.446. The van der Waals surface area contributed by atoms with Crippen LogP contribution in [0, 0.1) is 0 Å². The number of nitrogens with zero attached hydrogens (tertiary/aromatic N) is 1. The molecule has 214 valence electrons. The van der Waals surface area contributed by atoms with E-state index in [2.05, 4.69) is 0 Å². The van der Waals surface area contributed by atoms with Crippen molar-refractivity contribution in [3.63, 3.8) is 0 Å². The lowest BCUT2D eigenvalue weighted by molar-refractivity contribution is -0.180. The molecule has 6 N–H and O–H groups in total. The Balaban J connectivity index is 1.92. The second kappa shape index (κ2) is 9.99. The minimum atomic E-state index is -1.05. The van der Waals surface area contributed by atoms with Crippen LogP contribution in [0.1, 0.15) is 47.6 Å². The summed E-state index contributed by atoms with van der Waals surface area (Å²) in [4.78, 5) is 54.5. The van der Waals surface area contributed by atoms with Gasteiger partial charge in [0.05, 0.1) is 74.9 Å². The normalized spacial score (nSPS) is 14.4. The second-order valence-corrected chi connectivity index (χ2v) is 11.2. The summed E-state index contributed by atoms with van der Waals surface area (Å²) in [7, 11) is 1.58. The van der Waals surface area contributed by atoms with Crippen molar-refractivity contribution in [1.82, 2.24) is 4.57 Å². The third-order valence-electron chi connectivity index (χ3n) is 8.08. The van der Waals surface area contributed by atoms with E-state index in [1.165, 1.54) is 12.1 Å². The van der Waals surface area contributed by atoms with E-state index < -0.39 is 45.3 Å². The van der Waals surface area contributed by atoms with E-state index in [0.717, 1.165) is 4.57 Å². The first-order valence-electron chi connectivity index (χ1n) is 13.0. The minimum Gasteiger partial charge on any atom is -0.398 e. The first kappa shape index (κ1) is 29.2. The maximum Gasteiger partial charge on any atom is 0.264 e. The number of benzene rings is 3. The molecule has 3 aromatic carbocycles. The molecule has 4 aromatic rings. The second-order valence-electron chi connectivity index (χ2n) is 11.2.